The van der Waals surface area contributed by atoms with Crippen LogP contribution >= 0.6 is 0 Å². The number of rotatable bonds is 4. The molecule has 1 aromatic rings. The van der Waals surface area contributed by atoms with Crippen molar-refractivity contribution in [2.24, 2.45) is 5.92 Å². The molecule has 2 N–H and O–H groups in total. The van der Waals surface area contributed by atoms with Crippen LogP contribution in [0.5, 0.6) is 0 Å². The van der Waals surface area contributed by atoms with Crippen molar-refractivity contribution in [3.63, 3.8) is 0 Å². The first-order valence-corrected chi connectivity index (χ1v) is 9.71. The maximum Gasteiger partial charge on any atom is 0.325 e. The Balaban J connectivity index is 1.67. The maximum absolute atomic E-state index is 13.5. The molecule has 4 rings (SSSR count). The fraction of sp³-hybridized carbons (Fsp3) is 0.600. The summed E-state index contributed by atoms with van der Waals surface area (Å²) in [6.45, 7) is 1.70. The molecule has 1 atom stereocenters. The molecule has 0 aromatic heterocycles. The van der Waals surface area contributed by atoms with Gasteiger partial charge in [0.1, 0.15) is 11.4 Å². The van der Waals surface area contributed by atoms with Crippen LogP contribution in [0.2, 0.25) is 0 Å². The smallest absolute Gasteiger partial charge is 0.322 e. The lowest BCUT2D eigenvalue weighted by Gasteiger charge is -2.38. The monoisotopic (exact) mass is 359 g/mol. The SMILES string of the molecule is O=C1NC(Cc2ccc(F)cc2)(C2CCNCC2)C(=O)N1C1CCCC1. The topological polar surface area (TPSA) is 61.4 Å². The maximum atomic E-state index is 13.5. The second-order valence-electron chi connectivity index (χ2n) is 7.84. The van der Waals surface area contributed by atoms with Gasteiger partial charge in [0.15, 0.2) is 0 Å². The highest BCUT2D eigenvalue weighted by atomic mass is 19.1. The number of nitrogens with zero attached hydrogens (tertiary/aromatic N) is 1. The fourth-order valence-corrected chi connectivity index (χ4v) is 4.89. The second-order valence-corrected chi connectivity index (χ2v) is 7.84. The van der Waals surface area contributed by atoms with Crippen molar-refractivity contribution in [3.05, 3.63) is 35.6 Å². The number of piperidine rings is 1. The van der Waals surface area contributed by atoms with Gasteiger partial charge in [-0.1, -0.05) is 25.0 Å². The molecule has 1 unspecified atom stereocenters. The van der Waals surface area contributed by atoms with Crippen LogP contribution in [0.25, 0.3) is 0 Å². The zero-order valence-electron chi connectivity index (χ0n) is 15.0. The number of urea groups is 1. The summed E-state index contributed by atoms with van der Waals surface area (Å²) < 4.78 is 13.3. The Labute approximate surface area is 153 Å². The highest BCUT2D eigenvalue weighted by Crippen LogP contribution is 2.38. The summed E-state index contributed by atoms with van der Waals surface area (Å²) in [6.07, 6.45) is 6.07. The Kier molecular flexibility index (Phi) is 4.69. The van der Waals surface area contributed by atoms with Gasteiger partial charge in [0, 0.05) is 12.5 Å². The third kappa shape index (κ3) is 3.00. The van der Waals surface area contributed by atoms with E-state index >= 15 is 0 Å². The lowest BCUT2D eigenvalue weighted by Crippen LogP contribution is -2.57. The molecular weight excluding hydrogens is 333 g/mol. The summed E-state index contributed by atoms with van der Waals surface area (Å²) in [5, 5.41) is 6.42. The second kappa shape index (κ2) is 6.99. The van der Waals surface area contributed by atoms with Crippen molar-refractivity contribution < 1.29 is 14.0 Å². The van der Waals surface area contributed by atoms with E-state index in [0.29, 0.717) is 6.42 Å². The molecule has 3 amide bonds. The first kappa shape index (κ1) is 17.5. The molecule has 0 spiro atoms. The Morgan fingerprint density at radius 3 is 2.35 bits per heavy atom. The molecular formula is C20H26FN3O2. The van der Waals surface area contributed by atoms with Crippen LogP contribution in [-0.4, -0.2) is 41.5 Å². The van der Waals surface area contributed by atoms with Crippen LogP contribution in [0.4, 0.5) is 9.18 Å². The van der Waals surface area contributed by atoms with E-state index < -0.39 is 5.54 Å². The van der Waals surface area contributed by atoms with Gasteiger partial charge in [0.05, 0.1) is 0 Å². The van der Waals surface area contributed by atoms with Gasteiger partial charge in [0.2, 0.25) is 0 Å². The minimum absolute atomic E-state index is 0.0271. The molecule has 0 bridgehead atoms. The van der Waals surface area contributed by atoms with Crippen LogP contribution in [0.3, 0.4) is 0 Å². The third-order valence-electron chi connectivity index (χ3n) is 6.27. The first-order valence-electron chi connectivity index (χ1n) is 9.71. The third-order valence-corrected chi connectivity index (χ3v) is 6.27. The van der Waals surface area contributed by atoms with Crippen LogP contribution in [-0.2, 0) is 11.2 Å². The van der Waals surface area contributed by atoms with E-state index in [1.165, 1.54) is 17.0 Å². The summed E-state index contributed by atoms with van der Waals surface area (Å²) in [4.78, 5) is 27.8. The molecule has 1 aliphatic carbocycles. The minimum Gasteiger partial charge on any atom is -0.322 e. The molecule has 5 nitrogen and oxygen atoms in total. The van der Waals surface area contributed by atoms with Crippen LogP contribution in [0.15, 0.2) is 24.3 Å². The van der Waals surface area contributed by atoms with Gasteiger partial charge in [-0.3, -0.25) is 9.69 Å². The van der Waals surface area contributed by atoms with E-state index in [0.717, 1.165) is 57.2 Å². The number of halogens is 1. The van der Waals surface area contributed by atoms with Gasteiger partial charge in [-0.2, -0.15) is 0 Å². The highest BCUT2D eigenvalue weighted by molar-refractivity contribution is 6.07. The zero-order chi connectivity index (χ0) is 18.1. The number of imide groups is 1. The summed E-state index contributed by atoms with van der Waals surface area (Å²) in [6, 6.07) is 6.05. The molecule has 26 heavy (non-hydrogen) atoms. The number of benzene rings is 1. The van der Waals surface area contributed by atoms with Gasteiger partial charge in [-0.15, -0.1) is 0 Å². The Morgan fingerprint density at radius 1 is 1.04 bits per heavy atom. The van der Waals surface area contributed by atoms with Crippen LogP contribution in [0, 0.1) is 11.7 Å². The quantitative estimate of drug-likeness (QED) is 0.813. The summed E-state index contributed by atoms with van der Waals surface area (Å²) >= 11 is 0. The van der Waals surface area contributed by atoms with Crippen molar-refractivity contribution in [3.8, 4) is 0 Å². The molecule has 1 aromatic carbocycles. The average Bonchev–Trinajstić information content (AvgIpc) is 3.25. The van der Waals surface area contributed by atoms with Crippen molar-refractivity contribution in [1.29, 1.82) is 0 Å². The number of nitrogens with one attached hydrogen (secondary N) is 2. The molecule has 1 saturated carbocycles. The molecule has 3 aliphatic rings. The molecule has 2 saturated heterocycles. The summed E-state index contributed by atoms with van der Waals surface area (Å²) in [7, 11) is 0. The van der Waals surface area contributed by atoms with Crippen molar-refractivity contribution in [1.82, 2.24) is 15.5 Å². The predicted molar refractivity (Wildman–Crippen MR) is 96.1 cm³/mol. The number of carbonyl (C=O) groups is 2. The van der Waals surface area contributed by atoms with E-state index in [1.54, 1.807) is 12.1 Å². The Morgan fingerprint density at radius 2 is 1.69 bits per heavy atom. The lowest BCUT2D eigenvalue weighted by atomic mass is 9.74. The van der Waals surface area contributed by atoms with E-state index in [1.807, 2.05) is 0 Å². The fourth-order valence-electron chi connectivity index (χ4n) is 4.89. The molecule has 2 aliphatic heterocycles. The van der Waals surface area contributed by atoms with Gasteiger partial charge in [-0.05, 0) is 62.4 Å². The van der Waals surface area contributed by atoms with E-state index in [9.17, 15) is 14.0 Å². The largest absolute Gasteiger partial charge is 0.325 e. The molecule has 2 heterocycles. The summed E-state index contributed by atoms with van der Waals surface area (Å²) in [5.74, 6) is -0.277. The van der Waals surface area contributed by atoms with Crippen molar-refractivity contribution >= 4 is 11.9 Å². The summed E-state index contributed by atoms with van der Waals surface area (Å²) in [5.41, 5.74) is -0.0218. The standard InChI is InChI=1S/C20H26FN3O2/c21-16-7-5-14(6-8-16)13-20(15-9-11-22-12-10-15)18(25)24(19(26)23-20)17-3-1-2-4-17/h5-8,15,17,22H,1-4,9-13H2,(H,23,26). The zero-order valence-corrected chi connectivity index (χ0v) is 15.0. The van der Waals surface area contributed by atoms with E-state index in [2.05, 4.69) is 10.6 Å². The Hall–Kier alpha value is -1.95. The molecule has 0 radical (unpaired) electrons. The normalized spacial score (nSPS) is 28.0. The average molecular weight is 359 g/mol. The van der Waals surface area contributed by atoms with Gasteiger partial charge < -0.3 is 10.6 Å². The van der Waals surface area contributed by atoms with Gasteiger partial charge in [0.25, 0.3) is 5.91 Å². The number of carbonyl (C=O) groups excluding carboxylic acids is 2. The predicted octanol–water partition coefficient (Wildman–Crippen LogP) is 2.60. The van der Waals surface area contributed by atoms with Crippen molar-refractivity contribution in [2.45, 2.75) is 56.5 Å². The van der Waals surface area contributed by atoms with E-state index in [4.69, 9.17) is 0 Å². The van der Waals surface area contributed by atoms with Gasteiger partial charge >= 0.3 is 6.03 Å². The minimum atomic E-state index is -0.903. The Bertz CT molecular complexity index is 681. The number of hydrogen-bond donors (Lipinski definition) is 2. The number of amides is 3. The number of hydrogen-bond acceptors (Lipinski definition) is 3. The van der Waals surface area contributed by atoms with Crippen molar-refractivity contribution in [2.75, 3.05) is 13.1 Å². The van der Waals surface area contributed by atoms with Crippen LogP contribution in [0.1, 0.15) is 44.1 Å². The van der Waals surface area contributed by atoms with E-state index in [-0.39, 0.29) is 29.7 Å². The molecule has 3 fully saturated rings. The van der Waals surface area contributed by atoms with Gasteiger partial charge in [-0.25, -0.2) is 9.18 Å². The molecule has 6 heteroatoms. The van der Waals surface area contributed by atoms with Crippen LogP contribution < -0.4 is 10.6 Å². The first-order chi connectivity index (χ1) is 12.6. The molecule has 140 valence electrons. The highest BCUT2D eigenvalue weighted by Gasteiger charge is 2.57. The lowest BCUT2D eigenvalue weighted by molar-refractivity contribution is -0.135.